The molecule has 0 aromatic carbocycles. The molecule has 0 atom stereocenters. The van der Waals surface area contributed by atoms with Crippen molar-refractivity contribution in [2.45, 2.75) is 72.6 Å². The van der Waals surface area contributed by atoms with E-state index in [1.807, 2.05) is 6.20 Å². The molecule has 0 amide bonds. The van der Waals surface area contributed by atoms with Crippen molar-refractivity contribution >= 4 is 27.8 Å². The standard InChI is InChI=1S/C5H5N2.3C4H9.Sn/c6-5-2-1-3-7-4-5;3*1-3-4-2;/h1-2,4H,6H2;3*1,3-4H2,2H3;. The summed E-state index contributed by atoms with van der Waals surface area (Å²) in [6, 6.07) is 4.32. The van der Waals surface area contributed by atoms with Crippen molar-refractivity contribution < 1.29 is 0 Å². The van der Waals surface area contributed by atoms with Crippen molar-refractivity contribution in [2.75, 3.05) is 5.73 Å². The summed E-state index contributed by atoms with van der Waals surface area (Å²) in [6.07, 6.45) is 9.97. The predicted molar refractivity (Wildman–Crippen MR) is 93.2 cm³/mol. The Labute approximate surface area is 129 Å². The van der Waals surface area contributed by atoms with Gasteiger partial charge in [0.1, 0.15) is 0 Å². The molecular formula is C17H32N2Sn. The van der Waals surface area contributed by atoms with Crippen LogP contribution < -0.4 is 9.44 Å². The molecule has 0 unspecified atom stereocenters. The maximum absolute atomic E-state index is 5.83. The van der Waals surface area contributed by atoms with E-state index in [2.05, 4.69) is 32.9 Å². The summed E-state index contributed by atoms with van der Waals surface area (Å²) in [4.78, 5) is 4.78. The average Bonchev–Trinajstić information content (AvgIpc) is 2.48. The second-order valence-corrected chi connectivity index (χ2v) is 19.1. The van der Waals surface area contributed by atoms with Gasteiger partial charge >= 0.3 is 129 Å². The van der Waals surface area contributed by atoms with Gasteiger partial charge in [0.25, 0.3) is 0 Å². The first kappa shape index (κ1) is 17.8. The van der Waals surface area contributed by atoms with Crippen molar-refractivity contribution in [3.05, 3.63) is 18.3 Å². The average molecular weight is 383 g/mol. The molecule has 0 aliphatic rings. The van der Waals surface area contributed by atoms with Gasteiger partial charge in [-0.15, -0.1) is 0 Å². The van der Waals surface area contributed by atoms with Crippen molar-refractivity contribution in [1.82, 2.24) is 4.98 Å². The van der Waals surface area contributed by atoms with E-state index in [9.17, 15) is 0 Å². The van der Waals surface area contributed by atoms with Crippen LogP contribution >= 0.6 is 0 Å². The summed E-state index contributed by atoms with van der Waals surface area (Å²) in [7, 11) is 0. The molecule has 1 heterocycles. The zero-order chi connectivity index (χ0) is 14.8. The van der Waals surface area contributed by atoms with Gasteiger partial charge < -0.3 is 0 Å². The van der Waals surface area contributed by atoms with Gasteiger partial charge in [-0.1, -0.05) is 0 Å². The second kappa shape index (κ2) is 9.64. The Morgan fingerprint density at radius 1 is 0.900 bits per heavy atom. The Balaban J connectivity index is 3.00. The van der Waals surface area contributed by atoms with Crippen molar-refractivity contribution in [3.63, 3.8) is 0 Å². The van der Waals surface area contributed by atoms with E-state index in [4.69, 9.17) is 10.7 Å². The zero-order valence-electron chi connectivity index (χ0n) is 13.6. The van der Waals surface area contributed by atoms with E-state index in [0.29, 0.717) is 0 Å². The van der Waals surface area contributed by atoms with Crippen LogP contribution in [0.3, 0.4) is 0 Å². The van der Waals surface area contributed by atoms with Crippen LogP contribution in [-0.2, 0) is 0 Å². The number of unbranched alkanes of at least 4 members (excludes halogenated alkanes) is 3. The molecule has 2 nitrogen and oxygen atoms in total. The fourth-order valence-electron chi connectivity index (χ4n) is 3.02. The number of pyridine rings is 1. The molecule has 0 saturated heterocycles. The number of nitrogens with two attached hydrogens (primary N) is 1. The van der Waals surface area contributed by atoms with E-state index >= 15 is 0 Å². The van der Waals surface area contributed by atoms with Crippen molar-refractivity contribution in [2.24, 2.45) is 0 Å². The third-order valence-corrected chi connectivity index (χ3v) is 19.5. The molecule has 114 valence electrons. The van der Waals surface area contributed by atoms with Crippen LogP contribution in [0.2, 0.25) is 13.3 Å². The first-order chi connectivity index (χ1) is 9.68. The van der Waals surface area contributed by atoms with Crippen LogP contribution in [0.15, 0.2) is 18.3 Å². The molecule has 0 bridgehead atoms. The first-order valence-corrected chi connectivity index (χ1v) is 15.9. The quantitative estimate of drug-likeness (QED) is 0.594. The first-order valence-electron chi connectivity index (χ1n) is 8.40. The molecule has 0 radical (unpaired) electrons. The Hall–Kier alpha value is -0.251. The number of rotatable bonds is 10. The van der Waals surface area contributed by atoms with Gasteiger partial charge in [0, 0.05) is 0 Å². The molecule has 0 fully saturated rings. The van der Waals surface area contributed by atoms with E-state index in [0.717, 1.165) is 5.69 Å². The maximum atomic E-state index is 5.83. The fraction of sp³-hybridized carbons (Fsp3) is 0.706. The molecule has 0 spiro atoms. The molecule has 0 saturated carbocycles. The number of aromatic nitrogens is 1. The number of nitrogen functional groups attached to an aromatic ring is 1. The summed E-state index contributed by atoms with van der Waals surface area (Å²) in [5.41, 5.74) is 6.63. The summed E-state index contributed by atoms with van der Waals surface area (Å²) >= 11 is -2.29. The van der Waals surface area contributed by atoms with E-state index in [1.165, 1.54) is 55.5 Å². The zero-order valence-corrected chi connectivity index (χ0v) is 16.5. The fourth-order valence-corrected chi connectivity index (χ4v) is 18.4. The molecule has 0 aliphatic carbocycles. The van der Waals surface area contributed by atoms with E-state index in [1.54, 1.807) is 0 Å². The van der Waals surface area contributed by atoms with Crippen molar-refractivity contribution in [3.8, 4) is 0 Å². The van der Waals surface area contributed by atoms with Gasteiger partial charge in [-0.05, 0) is 0 Å². The molecule has 20 heavy (non-hydrogen) atoms. The Kier molecular flexibility index (Phi) is 8.58. The number of anilines is 1. The summed E-state index contributed by atoms with van der Waals surface area (Å²) in [5, 5.41) is 0. The van der Waals surface area contributed by atoms with E-state index < -0.39 is 18.4 Å². The van der Waals surface area contributed by atoms with Gasteiger partial charge in [0.2, 0.25) is 0 Å². The van der Waals surface area contributed by atoms with Crippen LogP contribution in [0.5, 0.6) is 0 Å². The van der Waals surface area contributed by atoms with Crippen molar-refractivity contribution in [1.29, 1.82) is 0 Å². The van der Waals surface area contributed by atoms with Gasteiger partial charge in [-0.3, -0.25) is 0 Å². The summed E-state index contributed by atoms with van der Waals surface area (Å²) in [6.45, 7) is 6.94. The van der Waals surface area contributed by atoms with Crippen LogP contribution in [0.1, 0.15) is 59.3 Å². The van der Waals surface area contributed by atoms with Crippen LogP contribution in [0, 0.1) is 0 Å². The van der Waals surface area contributed by atoms with Crippen LogP contribution in [-0.4, -0.2) is 23.4 Å². The molecule has 3 heteroatoms. The Morgan fingerprint density at radius 3 is 1.75 bits per heavy atom. The van der Waals surface area contributed by atoms with Gasteiger partial charge in [-0.2, -0.15) is 0 Å². The normalized spacial score (nSPS) is 11.8. The monoisotopic (exact) mass is 384 g/mol. The van der Waals surface area contributed by atoms with Gasteiger partial charge in [0.15, 0.2) is 0 Å². The molecule has 1 aromatic rings. The molecule has 1 rings (SSSR count). The molecule has 1 aromatic heterocycles. The minimum atomic E-state index is -2.29. The number of hydrogen-bond acceptors (Lipinski definition) is 2. The molecule has 2 N–H and O–H groups in total. The van der Waals surface area contributed by atoms with E-state index in [-0.39, 0.29) is 0 Å². The Bertz CT molecular complexity index is 340. The number of hydrogen-bond donors (Lipinski definition) is 1. The van der Waals surface area contributed by atoms with Crippen LogP contribution in [0.4, 0.5) is 5.69 Å². The molecular weight excluding hydrogens is 351 g/mol. The predicted octanol–water partition coefficient (Wildman–Crippen LogP) is 4.72. The number of nitrogens with zero attached hydrogens (tertiary/aromatic N) is 1. The SMILES string of the molecule is CCC[CH2][Sn]([CH2]CCC)([CH2]CCC)[c]1ccc(N)cn1. The Morgan fingerprint density at radius 2 is 1.40 bits per heavy atom. The third-order valence-electron chi connectivity index (χ3n) is 4.36. The summed E-state index contributed by atoms with van der Waals surface area (Å²) in [5.74, 6) is 0. The topological polar surface area (TPSA) is 38.9 Å². The summed E-state index contributed by atoms with van der Waals surface area (Å²) < 4.78 is 5.90. The second-order valence-electron chi connectivity index (χ2n) is 6.07. The van der Waals surface area contributed by atoms with Crippen LogP contribution in [0.25, 0.3) is 0 Å². The third kappa shape index (κ3) is 5.27. The van der Waals surface area contributed by atoms with Gasteiger partial charge in [-0.25, -0.2) is 0 Å². The minimum absolute atomic E-state index is 0.801. The van der Waals surface area contributed by atoms with Gasteiger partial charge in [0.05, 0.1) is 0 Å². The molecule has 0 aliphatic heterocycles.